The molecule has 0 atom stereocenters. The number of carbonyl (C=O) groups excluding carboxylic acids is 2. The number of benzene rings is 1. The third-order valence-electron chi connectivity index (χ3n) is 2.45. The average Bonchev–Trinajstić information content (AvgIpc) is 2.47. The third kappa shape index (κ3) is 4.41. The van der Waals surface area contributed by atoms with E-state index in [1.54, 1.807) is 0 Å². The quantitative estimate of drug-likeness (QED) is 0.683. The monoisotopic (exact) mass is 342 g/mol. The molecule has 0 fully saturated rings. The molecule has 1 aromatic carbocycles. The Hall–Kier alpha value is -2.18. The molecule has 5 nitrogen and oxygen atoms in total. The van der Waals surface area contributed by atoms with Crippen molar-refractivity contribution in [2.24, 2.45) is 0 Å². The number of amides is 1. The van der Waals surface area contributed by atoms with E-state index in [0.29, 0.717) is 0 Å². The molecule has 22 heavy (non-hydrogen) atoms. The number of halogens is 3. The van der Waals surface area contributed by atoms with Crippen molar-refractivity contribution in [2.75, 3.05) is 11.9 Å². The Morgan fingerprint density at radius 3 is 2.73 bits per heavy atom. The van der Waals surface area contributed by atoms with Crippen LogP contribution in [-0.4, -0.2) is 23.5 Å². The first-order valence-corrected chi connectivity index (χ1v) is 6.76. The molecule has 0 spiro atoms. The molecule has 0 saturated heterocycles. The molecule has 8 heteroatoms. The van der Waals surface area contributed by atoms with Crippen molar-refractivity contribution in [2.45, 2.75) is 0 Å². The Balaban J connectivity index is 1.93. The minimum absolute atomic E-state index is 0.0555. The number of anilines is 1. The van der Waals surface area contributed by atoms with Gasteiger partial charge in [-0.3, -0.25) is 4.79 Å². The molecule has 114 valence electrons. The number of pyridine rings is 1. The van der Waals surface area contributed by atoms with Crippen LogP contribution in [0, 0.1) is 5.82 Å². The normalized spacial score (nSPS) is 10.1. The van der Waals surface area contributed by atoms with Gasteiger partial charge < -0.3 is 10.1 Å². The SMILES string of the molecule is O=C(COC(=O)c1nc(Cl)ccc1Cl)Nc1cccc(F)c1. The summed E-state index contributed by atoms with van der Waals surface area (Å²) in [4.78, 5) is 27.1. The lowest BCUT2D eigenvalue weighted by Gasteiger charge is -2.07. The van der Waals surface area contributed by atoms with E-state index in [0.717, 1.165) is 6.07 Å². The highest BCUT2D eigenvalue weighted by Gasteiger charge is 2.16. The highest BCUT2D eigenvalue weighted by molar-refractivity contribution is 6.34. The lowest BCUT2D eigenvalue weighted by Crippen LogP contribution is -2.21. The molecule has 1 heterocycles. The van der Waals surface area contributed by atoms with Crippen molar-refractivity contribution in [3.8, 4) is 0 Å². The van der Waals surface area contributed by atoms with E-state index in [-0.39, 0.29) is 21.6 Å². The van der Waals surface area contributed by atoms with Gasteiger partial charge in [0.15, 0.2) is 12.3 Å². The number of hydrogen-bond donors (Lipinski definition) is 1. The molecule has 1 amide bonds. The van der Waals surface area contributed by atoms with Crippen molar-refractivity contribution < 1.29 is 18.7 Å². The van der Waals surface area contributed by atoms with Crippen LogP contribution in [0.25, 0.3) is 0 Å². The molecule has 0 radical (unpaired) electrons. The lowest BCUT2D eigenvalue weighted by atomic mass is 10.3. The van der Waals surface area contributed by atoms with Crippen LogP contribution in [0.3, 0.4) is 0 Å². The summed E-state index contributed by atoms with van der Waals surface area (Å²) in [5, 5.41) is 2.51. The number of carbonyl (C=O) groups is 2. The average molecular weight is 343 g/mol. The zero-order valence-corrected chi connectivity index (χ0v) is 12.5. The fourth-order valence-corrected chi connectivity index (χ4v) is 1.85. The van der Waals surface area contributed by atoms with Gasteiger partial charge in [0.25, 0.3) is 5.91 Å². The predicted molar refractivity (Wildman–Crippen MR) is 79.6 cm³/mol. The van der Waals surface area contributed by atoms with Crippen LogP contribution in [0.5, 0.6) is 0 Å². The summed E-state index contributed by atoms with van der Waals surface area (Å²) in [5.74, 6) is -2.01. The second-order valence-electron chi connectivity index (χ2n) is 4.10. The van der Waals surface area contributed by atoms with E-state index in [9.17, 15) is 14.0 Å². The molecule has 0 saturated carbocycles. The van der Waals surface area contributed by atoms with Crippen LogP contribution in [0.2, 0.25) is 10.2 Å². The number of rotatable bonds is 4. The molecule has 0 unspecified atom stereocenters. The molecule has 2 aromatic rings. The van der Waals surface area contributed by atoms with Gasteiger partial charge in [0, 0.05) is 5.69 Å². The first kappa shape index (κ1) is 16.2. The van der Waals surface area contributed by atoms with Crippen LogP contribution in [0.4, 0.5) is 10.1 Å². The molecular formula is C14H9Cl2FN2O3. The summed E-state index contributed by atoms with van der Waals surface area (Å²) in [7, 11) is 0. The standard InChI is InChI=1S/C14H9Cl2FN2O3/c15-10-4-5-11(16)19-13(10)14(21)22-7-12(20)18-9-3-1-2-8(17)6-9/h1-6H,7H2,(H,18,20). The van der Waals surface area contributed by atoms with E-state index in [4.69, 9.17) is 27.9 Å². The molecule has 0 aliphatic heterocycles. The van der Waals surface area contributed by atoms with Gasteiger partial charge in [-0.15, -0.1) is 0 Å². The maximum absolute atomic E-state index is 13.0. The van der Waals surface area contributed by atoms with Gasteiger partial charge in [0.1, 0.15) is 11.0 Å². The van der Waals surface area contributed by atoms with E-state index >= 15 is 0 Å². The Labute approximate surface area is 135 Å². The van der Waals surface area contributed by atoms with Gasteiger partial charge in [-0.05, 0) is 30.3 Å². The smallest absolute Gasteiger partial charge is 0.359 e. The van der Waals surface area contributed by atoms with E-state index < -0.39 is 24.3 Å². The number of hydrogen-bond acceptors (Lipinski definition) is 4. The zero-order valence-electron chi connectivity index (χ0n) is 11.0. The van der Waals surface area contributed by atoms with E-state index in [1.165, 1.54) is 30.3 Å². The first-order valence-electron chi connectivity index (χ1n) is 6.00. The van der Waals surface area contributed by atoms with Crippen LogP contribution in [0.15, 0.2) is 36.4 Å². The number of aromatic nitrogens is 1. The van der Waals surface area contributed by atoms with Gasteiger partial charge in [-0.1, -0.05) is 29.3 Å². The fraction of sp³-hybridized carbons (Fsp3) is 0.0714. The minimum Gasteiger partial charge on any atom is -0.451 e. The van der Waals surface area contributed by atoms with Gasteiger partial charge in [-0.25, -0.2) is 14.2 Å². The summed E-state index contributed by atoms with van der Waals surface area (Å²) in [6, 6.07) is 8.11. The lowest BCUT2D eigenvalue weighted by molar-refractivity contribution is -0.119. The first-order chi connectivity index (χ1) is 10.5. The fourth-order valence-electron chi connectivity index (χ4n) is 1.52. The van der Waals surface area contributed by atoms with Crippen LogP contribution in [-0.2, 0) is 9.53 Å². The van der Waals surface area contributed by atoms with Crippen molar-refractivity contribution in [1.82, 2.24) is 4.98 Å². The highest BCUT2D eigenvalue weighted by Crippen LogP contribution is 2.17. The molecular weight excluding hydrogens is 334 g/mol. The summed E-state index contributed by atoms with van der Waals surface area (Å²) < 4.78 is 17.7. The van der Waals surface area contributed by atoms with Crippen LogP contribution in [0.1, 0.15) is 10.5 Å². The molecule has 0 aliphatic rings. The molecule has 1 aromatic heterocycles. The minimum atomic E-state index is -0.887. The van der Waals surface area contributed by atoms with Gasteiger partial charge in [-0.2, -0.15) is 0 Å². The largest absolute Gasteiger partial charge is 0.451 e. The van der Waals surface area contributed by atoms with Crippen molar-refractivity contribution in [3.63, 3.8) is 0 Å². The Kier molecular flexibility index (Phi) is 5.30. The van der Waals surface area contributed by atoms with Gasteiger partial charge in [0.2, 0.25) is 0 Å². The van der Waals surface area contributed by atoms with Gasteiger partial charge in [0.05, 0.1) is 5.02 Å². The van der Waals surface area contributed by atoms with Crippen molar-refractivity contribution in [1.29, 1.82) is 0 Å². The van der Waals surface area contributed by atoms with Crippen LogP contribution >= 0.6 is 23.2 Å². The molecule has 0 bridgehead atoms. The van der Waals surface area contributed by atoms with Gasteiger partial charge >= 0.3 is 5.97 Å². The number of ether oxygens (including phenoxy) is 1. The summed E-state index contributed by atoms with van der Waals surface area (Å²) >= 11 is 11.4. The highest BCUT2D eigenvalue weighted by atomic mass is 35.5. The maximum Gasteiger partial charge on any atom is 0.359 e. The predicted octanol–water partition coefficient (Wildman–Crippen LogP) is 3.32. The Morgan fingerprint density at radius 2 is 2.00 bits per heavy atom. The van der Waals surface area contributed by atoms with Crippen LogP contribution < -0.4 is 5.32 Å². The van der Waals surface area contributed by atoms with E-state index in [1.807, 2.05) is 0 Å². The second-order valence-corrected chi connectivity index (χ2v) is 4.89. The van der Waals surface area contributed by atoms with E-state index in [2.05, 4.69) is 10.3 Å². The summed E-state index contributed by atoms with van der Waals surface area (Å²) in [6.07, 6.45) is 0. The topological polar surface area (TPSA) is 68.3 Å². The number of esters is 1. The molecule has 0 aliphatic carbocycles. The molecule has 1 N–H and O–H groups in total. The summed E-state index contributed by atoms with van der Waals surface area (Å²) in [6.45, 7) is -0.570. The summed E-state index contributed by atoms with van der Waals surface area (Å²) in [5.41, 5.74) is 0.0627. The Morgan fingerprint density at radius 1 is 1.23 bits per heavy atom. The Bertz CT molecular complexity index is 725. The van der Waals surface area contributed by atoms with Crippen molar-refractivity contribution in [3.05, 3.63) is 58.1 Å². The molecule has 2 rings (SSSR count). The number of nitrogens with zero attached hydrogens (tertiary/aromatic N) is 1. The zero-order chi connectivity index (χ0) is 16.1. The third-order valence-corrected chi connectivity index (χ3v) is 2.96. The number of nitrogens with one attached hydrogen (secondary N) is 1. The maximum atomic E-state index is 13.0. The van der Waals surface area contributed by atoms with Crippen molar-refractivity contribution >= 4 is 40.8 Å². The second kappa shape index (κ2) is 7.20.